The Morgan fingerprint density at radius 3 is 2.64 bits per heavy atom. The smallest absolute Gasteiger partial charge is 0.160 e. The van der Waals surface area contributed by atoms with Crippen LogP contribution in [0.3, 0.4) is 0 Å². The number of likely N-dealkylation sites (N-methyl/N-ethyl adjacent to an activating group) is 1. The average Bonchev–Trinajstić information content (AvgIpc) is 2.20. The Labute approximate surface area is 83.1 Å². The lowest BCUT2D eigenvalue weighted by atomic mass is 10.1. The predicted octanol–water partition coefficient (Wildman–Crippen LogP) is 0.654. The first-order valence-corrected chi connectivity index (χ1v) is 4.38. The van der Waals surface area contributed by atoms with Gasteiger partial charge in [-0.25, -0.2) is 0 Å². The first-order chi connectivity index (χ1) is 6.72. The molecule has 0 spiro atoms. The van der Waals surface area contributed by atoms with Gasteiger partial charge in [-0.1, -0.05) is 6.07 Å². The standard InChI is InChI=1S/C10H15NO3/c1-11-8(6-12)7-3-4-10(14-2)9(13)5-7/h3-5,8,11-13H,6H2,1-2H3. The lowest BCUT2D eigenvalue weighted by molar-refractivity contribution is 0.250. The first-order valence-electron chi connectivity index (χ1n) is 4.38. The number of nitrogens with one attached hydrogen (secondary N) is 1. The van der Waals surface area contributed by atoms with Crippen LogP contribution in [0.15, 0.2) is 18.2 Å². The summed E-state index contributed by atoms with van der Waals surface area (Å²) in [4.78, 5) is 0. The summed E-state index contributed by atoms with van der Waals surface area (Å²) in [6.07, 6.45) is 0. The van der Waals surface area contributed by atoms with Crippen LogP contribution in [-0.4, -0.2) is 31.0 Å². The second-order valence-corrected chi connectivity index (χ2v) is 2.96. The van der Waals surface area contributed by atoms with E-state index in [4.69, 9.17) is 9.84 Å². The molecule has 0 saturated heterocycles. The molecule has 78 valence electrons. The molecule has 0 aliphatic heterocycles. The molecule has 0 aliphatic carbocycles. The van der Waals surface area contributed by atoms with Crippen LogP contribution >= 0.6 is 0 Å². The predicted molar refractivity (Wildman–Crippen MR) is 53.5 cm³/mol. The zero-order valence-electron chi connectivity index (χ0n) is 8.32. The molecule has 1 atom stereocenters. The highest BCUT2D eigenvalue weighted by molar-refractivity contribution is 5.42. The number of phenolic OH excluding ortho intramolecular Hbond substituents is 1. The molecule has 14 heavy (non-hydrogen) atoms. The third-order valence-corrected chi connectivity index (χ3v) is 2.14. The van der Waals surface area contributed by atoms with Gasteiger partial charge in [0.25, 0.3) is 0 Å². The third-order valence-electron chi connectivity index (χ3n) is 2.14. The molecule has 1 aromatic rings. The topological polar surface area (TPSA) is 61.7 Å². The maximum absolute atomic E-state index is 9.50. The lowest BCUT2D eigenvalue weighted by Crippen LogP contribution is -2.19. The largest absolute Gasteiger partial charge is 0.504 e. The maximum Gasteiger partial charge on any atom is 0.160 e. The molecule has 4 nitrogen and oxygen atoms in total. The maximum atomic E-state index is 9.50. The summed E-state index contributed by atoms with van der Waals surface area (Å²) in [6.45, 7) is -0.0116. The van der Waals surface area contributed by atoms with Gasteiger partial charge in [-0.05, 0) is 24.7 Å². The van der Waals surface area contributed by atoms with Crippen molar-refractivity contribution in [3.05, 3.63) is 23.8 Å². The SMILES string of the molecule is CNC(CO)c1ccc(OC)c(O)c1. The van der Waals surface area contributed by atoms with Gasteiger partial charge < -0.3 is 20.3 Å². The number of rotatable bonds is 4. The molecule has 1 rings (SSSR count). The van der Waals surface area contributed by atoms with Gasteiger partial charge in [0.15, 0.2) is 11.5 Å². The van der Waals surface area contributed by atoms with E-state index in [2.05, 4.69) is 5.32 Å². The number of hydrogen-bond acceptors (Lipinski definition) is 4. The molecule has 1 unspecified atom stereocenters. The number of phenols is 1. The van der Waals surface area contributed by atoms with E-state index in [1.807, 2.05) is 0 Å². The Hall–Kier alpha value is -1.26. The van der Waals surface area contributed by atoms with Crippen molar-refractivity contribution in [2.24, 2.45) is 0 Å². The van der Waals surface area contributed by atoms with E-state index in [1.165, 1.54) is 7.11 Å². The van der Waals surface area contributed by atoms with E-state index >= 15 is 0 Å². The van der Waals surface area contributed by atoms with Crippen LogP contribution in [0.2, 0.25) is 0 Å². The van der Waals surface area contributed by atoms with Crippen molar-refractivity contribution >= 4 is 0 Å². The lowest BCUT2D eigenvalue weighted by Gasteiger charge is -2.14. The third kappa shape index (κ3) is 2.16. The molecule has 0 radical (unpaired) electrons. The summed E-state index contributed by atoms with van der Waals surface area (Å²) < 4.78 is 4.91. The molecule has 0 heterocycles. The van der Waals surface area contributed by atoms with Gasteiger partial charge in [-0.2, -0.15) is 0 Å². The molecular weight excluding hydrogens is 182 g/mol. The number of aromatic hydroxyl groups is 1. The summed E-state index contributed by atoms with van der Waals surface area (Å²) in [7, 11) is 3.25. The van der Waals surface area contributed by atoms with Crippen LogP contribution in [-0.2, 0) is 0 Å². The van der Waals surface area contributed by atoms with Crippen LogP contribution in [0.4, 0.5) is 0 Å². The quantitative estimate of drug-likeness (QED) is 0.663. The molecule has 0 saturated carbocycles. The molecule has 1 aromatic carbocycles. The Balaban J connectivity index is 2.95. The molecule has 0 bridgehead atoms. The van der Waals surface area contributed by atoms with Crippen molar-refractivity contribution < 1.29 is 14.9 Å². The normalized spacial score (nSPS) is 12.5. The summed E-state index contributed by atoms with van der Waals surface area (Å²) in [6, 6.07) is 4.89. The summed E-state index contributed by atoms with van der Waals surface area (Å²) in [5.74, 6) is 0.514. The molecular formula is C10H15NO3. The minimum absolute atomic E-state index is 0.0116. The van der Waals surface area contributed by atoms with E-state index in [0.29, 0.717) is 5.75 Å². The number of hydrogen-bond donors (Lipinski definition) is 3. The summed E-state index contributed by atoms with van der Waals surface area (Å²) in [5.41, 5.74) is 0.827. The second-order valence-electron chi connectivity index (χ2n) is 2.96. The van der Waals surface area contributed by atoms with Gasteiger partial charge in [-0.15, -0.1) is 0 Å². The highest BCUT2D eigenvalue weighted by atomic mass is 16.5. The van der Waals surface area contributed by atoms with E-state index in [9.17, 15) is 5.11 Å². The molecule has 0 aliphatic rings. The van der Waals surface area contributed by atoms with Crippen molar-refractivity contribution in [1.29, 1.82) is 0 Å². The fraction of sp³-hybridized carbons (Fsp3) is 0.400. The Bertz CT molecular complexity index is 297. The minimum atomic E-state index is -0.160. The summed E-state index contributed by atoms with van der Waals surface area (Å²) >= 11 is 0. The second kappa shape index (κ2) is 4.83. The monoisotopic (exact) mass is 197 g/mol. The Morgan fingerprint density at radius 1 is 1.50 bits per heavy atom. The number of aliphatic hydroxyl groups excluding tert-OH is 1. The summed E-state index contributed by atoms with van der Waals surface area (Å²) in [5, 5.41) is 21.4. The number of ether oxygens (including phenoxy) is 1. The van der Waals surface area contributed by atoms with Crippen LogP contribution in [0.1, 0.15) is 11.6 Å². The van der Waals surface area contributed by atoms with Crippen LogP contribution in [0.25, 0.3) is 0 Å². The zero-order valence-corrected chi connectivity index (χ0v) is 8.32. The number of benzene rings is 1. The molecule has 3 N–H and O–H groups in total. The molecule has 4 heteroatoms. The molecule has 0 aromatic heterocycles. The van der Waals surface area contributed by atoms with E-state index in [-0.39, 0.29) is 18.4 Å². The van der Waals surface area contributed by atoms with Crippen molar-refractivity contribution in [3.63, 3.8) is 0 Å². The van der Waals surface area contributed by atoms with E-state index in [0.717, 1.165) is 5.56 Å². The Morgan fingerprint density at radius 2 is 2.21 bits per heavy atom. The van der Waals surface area contributed by atoms with Crippen LogP contribution < -0.4 is 10.1 Å². The molecule has 0 fully saturated rings. The fourth-order valence-corrected chi connectivity index (χ4v) is 1.29. The number of methoxy groups -OCH3 is 1. The van der Waals surface area contributed by atoms with E-state index in [1.54, 1.807) is 25.2 Å². The van der Waals surface area contributed by atoms with Crippen molar-refractivity contribution in [1.82, 2.24) is 5.32 Å². The van der Waals surface area contributed by atoms with Crippen LogP contribution in [0, 0.1) is 0 Å². The van der Waals surface area contributed by atoms with Gasteiger partial charge in [0.2, 0.25) is 0 Å². The zero-order chi connectivity index (χ0) is 10.6. The number of aliphatic hydroxyl groups is 1. The Kier molecular flexibility index (Phi) is 3.73. The van der Waals surface area contributed by atoms with Crippen molar-refractivity contribution in [3.8, 4) is 11.5 Å². The van der Waals surface area contributed by atoms with Gasteiger partial charge in [0.1, 0.15) is 0 Å². The molecule has 0 amide bonds. The van der Waals surface area contributed by atoms with Gasteiger partial charge >= 0.3 is 0 Å². The van der Waals surface area contributed by atoms with E-state index < -0.39 is 0 Å². The highest BCUT2D eigenvalue weighted by Crippen LogP contribution is 2.28. The highest BCUT2D eigenvalue weighted by Gasteiger charge is 2.10. The van der Waals surface area contributed by atoms with Crippen molar-refractivity contribution in [2.75, 3.05) is 20.8 Å². The van der Waals surface area contributed by atoms with Gasteiger partial charge in [0, 0.05) is 0 Å². The van der Waals surface area contributed by atoms with Crippen LogP contribution in [0.5, 0.6) is 11.5 Å². The average molecular weight is 197 g/mol. The fourth-order valence-electron chi connectivity index (χ4n) is 1.29. The first kappa shape index (κ1) is 10.8. The van der Waals surface area contributed by atoms with Crippen molar-refractivity contribution in [2.45, 2.75) is 6.04 Å². The minimum Gasteiger partial charge on any atom is -0.504 e. The van der Waals surface area contributed by atoms with Gasteiger partial charge in [-0.3, -0.25) is 0 Å². The van der Waals surface area contributed by atoms with Gasteiger partial charge in [0.05, 0.1) is 19.8 Å².